The van der Waals surface area contributed by atoms with Crippen molar-refractivity contribution in [3.63, 3.8) is 0 Å². The molecule has 0 aliphatic carbocycles. The molecule has 0 aliphatic heterocycles. The minimum Gasteiger partial charge on any atom is -0.748 e. The van der Waals surface area contributed by atoms with Crippen molar-refractivity contribution in [3.05, 3.63) is 0 Å². The van der Waals surface area contributed by atoms with Gasteiger partial charge in [0, 0.05) is 23.8 Å². The van der Waals surface area contributed by atoms with Gasteiger partial charge in [0.2, 0.25) is 0 Å². The largest absolute Gasteiger partial charge is 1.00 e. The Balaban J connectivity index is 0. The molecule has 0 aromatic rings. The van der Waals surface area contributed by atoms with Gasteiger partial charge in [0.05, 0.1) is 10.1 Å². The molecule has 11 heavy (non-hydrogen) atoms. The van der Waals surface area contributed by atoms with Crippen LogP contribution in [0.4, 0.5) is 0 Å². The summed E-state index contributed by atoms with van der Waals surface area (Å²) in [5, 5.41) is -0.817. The quantitative estimate of drug-likeness (QED) is 0.362. The molecule has 0 aromatic heterocycles. The van der Waals surface area contributed by atoms with E-state index in [0.29, 0.717) is 0 Å². The number of carbonyl (C=O) groups is 1. The third kappa shape index (κ3) is 13.9. The second-order valence-corrected chi connectivity index (χ2v) is 3.35. The van der Waals surface area contributed by atoms with Crippen LogP contribution < -0.4 is 29.6 Å². The van der Waals surface area contributed by atoms with Crippen LogP contribution in [0.2, 0.25) is 0 Å². The van der Waals surface area contributed by atoms with Crippen molar-refractivity contribution in [2.24, 2.45) is 0 Å². The molecular weight excluding hydrogens is 199 g/mol. The first-order valence-electron chi connectivity index (χ1n) is 4.07. The summed E-state index contributed by atoms with van der Waals surface area (Å²) in [5.41, 5.74) is -6.74. The smallest absolute Gasteiger partial charge is 0.748 e. The van der Waals surface area contributed by atoms with Crippen LogP contribution in [0, 0.1) is 0 Å². The van der Waals surface area contributed by atoms with Crippen LogP contribution >= 0.6 is 11.8 Å². The van der Waals surface area contributed by atoms with Crippen LogP contribution in [0.15, 0.2) is 0 Å². The van der Waals surface area contributed by atoms with Gasteiger partial charge in [-0.1, -0.05) is 11.8 Å². The Morgan fingerprint density at radius 2 is 2.18 bits per heavy atom. The number of thioether (sulfide) groups is 1. The summed E-state index contributed by atoms with van der Waals surface area (Å²) < 4.78 is 58.7. The van der Waals surface area contributed by atoms with Crippen molar-refractivity contribution in [2.45, 2.75) is 6.92 Å². The summed E-state index contributed by atoms with van der Waals surface area (Å²) in [5.74, 6) is 0. The molecule has 0 atom stereocenters. The van der Waals surface area contributed by atoms with Gasteiger partial charge in [-0.15, -0.1) is 0 Å². The van der Waals surface area contributed by atoms with E-state index < -0.39 is 26.6 Å². The Kier molecular flexibility index (Phi) is 4.30. The number of hydrogen-bond donors (Lipinski definition) is 0. The SMILES string of the molecule is [2H]C([2H])(SC(C)=O)C([2H])([2H])S(=O)(=O)[O-].[Na+]. The molecule has 0 radical (unpaired) electrons. The van der Waals surface area contributed by atoms with Gasteiger partial charge in [-0.05, 0) is 0 Å². The summed E-state index contributed by atoms with van der Waals surface area (Å²) >= 11 is -0.169. The molecule has 0 unspecified atom stereocenters. The fourth-order valence-corrected chi connectivity index (χ4v) is 0.862. The Hall–Kier alpha value is 0.930. The van der Waals surface area contributed by atoms with Crippen LogP contribution in [-0.2, 0) is 14.9 Å². The van der Waals surface area contributed by atoms with Gasteiger partial charge in [0.15, 0.2) is 5.12 Å². The van der Waals surface area contributed by atoms with E-state index in [0.717, 1.165) is 6.92 Å². The standard InChI is InChI=1S/C4H8O4S2.Na/c1-4(5)9-2-3-10(6,7)8;/h2-3H2,1H3,(H,6,7,8);/q;+1/p-1/i2D2,3D2;. The molecule has 0 rings (SSSR count). The van der Waals surface area contributed by atoms with Crippen molar-refractivity contribution < 1.29 is 52.8 Å². The molecular formula is C4H7NaO4S2. The van der Waals surface area contributed by atoms with Crippen LogP contribution in [0.1, 0.15) is 12.4 Å². The van der Waals surface area contributed by atoms with Crippen molar-refractivity contribution in [3.8, 4) is 0 Å². The molecule has 0 bridgehead atoms. The Bertz CT molecular complexity index is 341. The van der Waals surface area contributed by atoms with Crippen LogP contribution in [0.25, 0.3) is 0 Å². The van der Waals surface area contributed by atoms with Gasteiger partial charge >= 0.3 is 29.6 Å². The van der Waals surface area contributed by atoms with Crippen molar-refractivity contribution in [1.29, 1.82) is 0 Å². The second-order valence-electron chi connectivity index (χ2n) is 1.25. The normalized spacial score (nSPS) is 18.4. The predicted octanol–water partition coefficient (Wildman–Crippen LogP) is -3.18. The predicted molar refractivity (Wildman–Crippen MR) is 37.7 cm³/mol. The fourth-order valence-electron chi connectivity index (χ4n) is 0.144. The Morgan fingerprint density at radius 3 is 2.45 bits per heavy atom. The van der Waals surface area contributed by atoms with E-state index in [9.17, 15) is 17.8 Å². The van der Waals surface area contributed by atoms with Crippen LogP contribution in [0.3, 0.4) is 0 Å². The number of rotatable bonds is 3. The zero-order valence-electron chi connectivity index (χ0n) is 9.95. The minimum absolute atomic E-state index is 0. The van der Waals surface area contributed by atoms with Gasteiger partial charge in [0.1, 0.15) is 0 Å². The summed E-state index contributed by atoms with van der Waals surface area (Å²) in [4.78, 5) is 10.5. The first kappa shape index (κ1) is 7.34. The number of carbonyl (C=O) groups excluding carboxylic acids is 1. The van der Waals surface area contributed by atoms with Gasteiger partial charge < -0.3 is 4.55 Å². The van der Waals surface area contributed by atoms with E-state index in [1.807, 2.05) is 0 Å². The summed E-state index contributed by atoms with van der Waals surface area (Å²) in [6, 6.07) is 0. The molecule has 0 aliphatic rings. The maximum atomic E-state index is 10.5. The molecule has 0 spiro atoms. The summed E-state index contributed by atoms with van der Waals surface area (Å²) in [6.45, 7) is 0.940. The molecule has 0 amide bonds. The molecule has 0 aromatic carbocycles. The molecule has 4 nitrogen and oxygen atoms in total. The van der Waals surface area contributed by atoms with E-state index in [-0.39, 0.29) is 41.3 Å². The third-order valence-electron chi connectivity index (χ3n) is 0.361. The molecule has 0 fully saturated rings. The first-order chi connectivity index (χ1) is 5.92. The van der Waals surface area contributed by atoms with Gasteiger partial charge in [-0.2, -0.15) is 0 Å². The van der Waals surface area contributed by atoms with E-state index in [1.54, 1.807) is 0 Å². The van der Waals surface area contributed by atoms with Crippen LogP contribution in [0.5, 0.6) is 0 Å². The van der Waals surface area contributed by atoms with Crippen molar-refractivity contribution in [1.82, 2.24) is 0 Å². The van der Waals surface area contributed by atoms with Crippen molar-refractivity contribution in [2.75, 3.05) is 11.4 Å². The zero-order valence-corrected chi connectivity index (χ0v) is 9.58. The molecule has 0 saturated carbocycles. The average Bonchev–Trinajstić information content (AvgIpc) is 1.80. The molecule has 0 heterocycles. The first-order valence-corrected chi connectivity index (χ1v) is 4.29. The minimum atomic E-state index is -5.47. The van der Waals surface area contributed by atoms with Gasteiger partial charge in [0.25, 0.3) is 0 Å². The van der Waals surface area contributed by atoms with Crippen molar-refractivity contribution >= 4 is 27.0 Å². The monoisotopic (exact) mass is 210 g/mol. The Labute approximate surface area is 97.8 Å². The maximum Gasteiger partial charge on any atom is 1.00 e. The maximum absolute atomic E-state index is 10.5. The molecule has 60 valence electrons. The molecule has 7 heteroatoms. The van der Waals surface area contributed by atoms with E-state index in [1.165, 1.54) is 0 Å². The molecule has 0 saturated heterocycles. The second kappa shape index (κ2) is 6.45. The number of hydrogen-bond acceptors (Lipinski definition) is 5. The van der Waals surface area contributed by atoms with E-state index in [2.05, 4.69) is 0 Å². The van der Waals surface area contributed by atoms with Gasteiger partial charge in [-0.3, -0.25) is 4.79 Å². The van der Waals surface area contributed by atoms with Crippen LogP contribution in [-0.4, -0.2) is 29.5 Å². The fraction of sp³-hybridized carbons (Fsp3) is 0.750. The summed E-state index contributed by atoms with van der Waals surface area (Å²) in [6.07, 6.45) is 0. The van der Waals surface area contributed by atoms with Gasteiger partial charge in [-0.25, -0.2) is 8.42 Å². The zero-order chi connectivity index (χ0) is 11.8. The summed E-state index contributed by atoms with van der Waals surface area (Å²) in [7, 11) is -5.47. The topological polar surface area (TPSA) is 74.3 Å². The average molecular weight is 210 g/mol. The van der Waals surface area contributed by atoms with E-state index in [4.69, 9.17) is 5.48 Å². The van der Waals surface area contributed by atoms with E-state index >= 15 is 0 Å². The molecule has 0 N–H and O–H groups in total. The Morgan fingerprint density at radius 1 is 1.73 bits per heavy atom. The third-order valence-corrected chi connectivity index (χ3v) is 1.33.